The molecule has 4 nitrogen and oxygen atoms in total. The number of carbonyl (C=O) groups is 1. The first-order chi connectivity index (χ1) is 8.91. The molecule has 9 heteroatoms. The van der Waals surface area contributed by atoms with E-state index in [4.69, 9.17) is 0 Å². The number of benzene rings is 1. The van der Waals surface area contributed by atoms with E-state index in [2.05, 4.69) is 16.1 Å². The fourth-order valence-corrected chi connectivity index (χ4v) is 1.19. The molecule has 0 amide bonds. The topological polar surface area (TPSA) is 58.6 Å². The molecule has 0 heterocycles. The van der Waals surface area contributed by atoms with Crippen LogP contribution in [0.4, 0.5) is 17.6 Å². The summed E-state index contributed by atoms with van der Waals surface area (Å²) >= 11 is 0. The molecule has 0 unspecified atom stereocenters. The van der Waals surface area contributed by atoms with Crippen LogP contribution in [0.15, 0.2) is 12.8 Å². The predicted molar refractivity (Wildman–Crippen MR) is 52.2 cm³/mol. The van der Waals surface area contributed by atoms with Crippen molar-refractivity contribution in [2.24, 2.45) is 0 Å². The van der Waals surface area contributed by atoms with Crippen LogP contribution in [0.3, 0.4) is 0 Å². The summed E-state index contributed by atoms with van der Waals surface area (Å²) < 4.78 is 62.0. The van der Waals surface area contributed by atoms with Gasteiger partial charge in [0.2, 0.25) is 11.6 Å². The smallest absolute Gasteiger partial charge is 0.545 e. The van der Waals surface area contributed by atoms with Gasteiger partial charge in [0, 0.05) is 0 Å². The van der Waals surface area contributed by atoms with Gasteiger partial charge in [0.1, 0.15) is 13.2 Å². The molecule has 0 aliphatic carbocycles. The van der Waals surface area contributed by atoms with Crippen LogP contribution < -0.4 is 39.4 Å². The molecule has 20 heavy (non-hydrogen) atoms. The number of halogens is 4. The number of hydrogen-bond donors (Lipinski definition) is 0. The first-order valence-corrected chi connectivity index (χ1v) is 4.84. The second-order valence-corrected chi connectivity index (χ2v) is 3.13. The van der Waals surface area contributed by atoms with Crippen molar-refractivity contribution in [3.8, 4) is 5.75 Å². The Morgan fingerprint density at radius 3 is 2.00 bits per heavy atom. The Balaban J connectivity index is 0.00000361. The van der Waals surface area contributed by atoms with Crippen LogP contribution in [0.5, 0.6) is 5.75 Å². The molecule has 0 aromatic heterocycles. The predicted octanol–water partition coefficient (Wildman–Crippen LogP) is -1.85. The van der Waals surface area contributed by atoms with Crippen molar-refractivity contribution in [3.63, 3.8) is 0 Å². The SMILES string of the molecule is C=COCCOc1c(F)c(F)c(C(=O)[O-])c(F)c1F.[Na+]. The van der Waals surface area contributed by atoms with Crippen LogP contribution in [0.25, 0.3) is 0 Å². The molecule has 1 rings (SSSR count). The van der Waals surface area contributed by atoms with E-state index >= 15 is 0 Å². The summed E-state index contributed by atoms with van der Waals surface area (Å²) in [6.45, 7) is 2.58. The summed E-state index contributed by atoms with van der Waals surface area (Å²) in [6, 6.07) is 0. The van der Waals surface area contributed by atoms with Gasteiger partial charge >= 0.3 is 29.6 Å². The molecule has 0 spiro atoms. The Kier molecular flexibility index (Phi) is 7.62. The average molecular weight is 302 g/mol. The van der Waals surface area contributed by atoms with Gasteiger partial charge in [-0.05, 0) is 0 Å². The van der Waals surface area contributed by atoms with Crippen LogP contribution in [0, 0.1) is 23.3 Å². The Morgan fingerprint density at radius 1 is 1.10 bits per heavy atom. The van der Waals surface area contributed by atoms with E-state index in [1.165, 1.54) is 0 Å². The Morgan fingerprint density at radius 2 is 1.60 bits per heavy atom. The Labute approximate surface area is 133 Å². The largest absolute Gasteiger partial charge is 1.00 e. The average Bonchev–Trinajstić information content (AvgIpc) is 2.35. The van der Waals surface area contributed by atoms with Crippen molar-refractivity contribution in [1.29, 1.82) is 0 Å². The van der Waals surface area contributed by atoms with Gasteiger partial charge < -0.3 is 19.4 Å². The summed E-state index contributed by atoms with van der Waals surface area (Å²) in [5.41, 5.74) is -1.83. The third-order valence-electron chi connectivity index (χ3n) is 1.99. The van der Waals surface area contributed by atoms with E-state index in [-0.39, 0.29) is 36.2 Å². The van der Waals surface area contributed by atoms with Gasteiger partial charge in [-0.15, -0.1) is 0 Å². The zero-order chi connectivity index (χ0) is 14.6. The third kappa shape index (κ3) is 3.87. The van der Waals surface area contributed by atoms with E-state index in [1.807, 2.05) is 0 Å². The second-order valence-electron chi connectivity index (χ2n) is 3.13. The molecule has 0 saturated carbocycles. The summed E-state index contributed by atoms with van der Waals surface area (Å²) in [7, 11) is 0. The number of aromatic carboxylic acids is 1. The van der Waals surface area contributed by atoms with Crippen molar-refractivity contribution in [1.82, 2.24) is 0 Å². The minimum absolute atomic E-state index is 0. The monoisotopic (exact) mass is 302 g/mol. The maximum absolute atomic E-state index is 13.3. The third-order valence-corrected chi connectivity index (χ3v) is 1.99. The number of carboxylic acids is 1. The molecule has 0 aliphatic heterocycles. The standard InChI is InChI=1S/C11H8F4O4.Na/c1-2-18-3-4-19-10-8(14)6(12)5(11(16)17)7(13)9(10)15;/h2H,1,3-4H2,(H,16,17);/q;+1/p-1. The van der Waals surface area contributed by atoms with E-state index in [9.17, 15) is 27.5 Å². The van der Waals surface area contributed by atoms with Crippen molar-refractivity contribution in [2.75, 3.05) is 13.2 Å². The summed E-state index contributed by atoms with van der Waals surface area (Å²) in [6.07, 6.45) is 1.02. The molecular weight excluding hydrogens is 295 g/mol. The zero-order valence-corrected chi connectivity index (χ0v) is 12.3. The summed E-state index contributed by atoms with van der Waals surface area (Å²) in [4.78, 5) is 10.4. The number of ether oxygens (including phenoxy) is 2. The molecule has 0 fully saturated rings. The molecule has 0 N–H and O–H groups in total. The maximum Gasteiger partial charge on any atom is 1.00 e. The summed E-state index contributed by atoms with van der Waals surface area (Å²) in [5, 5.41) is 10.4. The Hall–Kier alpha value is -1.25. The quantitative estimate of drug-likeness (QED) is 0.203. The minimum Gasteiger partial charge on any atom is -0.545 e. The molecular formula is C11H7F4NaO4. The summed E-state index contributed by atoms with van der Waals surface area (Å²) in [5.74, 6) is -11.9. The molecule has 1 aromatic rings. The second kappa shape index (κ2) is 8.13. The van der Waals surface area contributed by atoms with Gasteiger partial charge in [-0.2, -0.15) is 8.78 Å². The number of carboxylic acid groups (broad SMARTS) is 1. The maximum atomic E-state index is 13.3. The minimum atomic E-state index is -2.38. The van der Waals surface area contributed by atoms with Gasteiger partial charge in [0.15, 0.2) is 17.4 Å². The first kappa shape index (κ1) is 18.8. The molecule has 0 bridgehead atoms. The number of rotatable bonds is 6. The first-order valence-electron chi connectivity index (χ1n) is 4.84. The van der Waals surface area contributed by atoms with Crippen LogP contribution >= 0.6 is 0 Å². The van der Waals surface area contributed by atoms with E-state index in [0.29, 0.717) is 0 Å². The van der Waals surface area contributed by atoms with Gasteiger partial charge in [-0.3, -0.25) is 0 Å². The van der Waals surface area contributed by atoms with Crippen LogP contribution in [-0.2, 0) is 4.74 Å². The van der Waals surface area contributed by atoms with Crippen molar-refractivity contribution in [3.05, 3.63) is 41.7 Å². The molecule has 0 aliphatic rings. The Bertz CT molecular complexity index is 493. The van der Waals surface area contributed by atoms with Gasteiger partial charge in [0.05, 0.1) is 17.8 Å². The normalized spacial score (nSPS) is 9.60. The van der Waals surface area contributed by atoms with Gasteiger partial charge in [0.25, 0.3) is 0 Å². The van der Waals surface area contributed by atoms with Crippen molar-refractivity contribution in [2.45, 2.75) is 0 Å². The molecule has 104 valence electrons. The van der Waals surface area contributed by atoms with E-state index < -0.39 is 47.2 Å². The fourth-order valence-electron chi connectivity index (χ4n) is 1.19. The molecule has 0 atom stereocenters. The van der Waals surface area contributed by atoms with E-state index in [0.717, 1.165) is 6.26 Å². The molecule has 1 aromatic carbocycles. The fraction of sp³-hybridized carbons (Fsp3) is 0.182. The zero-order valence-electron chi connectivity index (χ0n) is 10.3. The van der Waals surface area contributed by atoms with Crippen LogP contribution in [0.1, 0.15) is 10.4 Å². The molecule has 0 radical (unpaired) electrons. The number of carbonyl (C=O) groups excluding carboxylic acids is 1. The van der Waals surface area contributed by atoms with Crippen LogP contribution in [0.2, 0.25) is 0 Å². The van der Waals surface area contributed by atoms with Gasteiger partial charge in [-0.1, -0.05) is 6.58 Å². The van der Waals surface area contributed by atoms with Crippen molar-refractivity contribution < 1.29 is 66.5 Å². The van der Waals surface area contributed by atoms with Crippen LogP contribution in [-0.4, -0.2) is 19.2 Å². The van der Waals surface area contributed by atoms with Crippen molar-refractivity contribution >= 4 is 5.97 Å². The van der Waals surface area contributed by atoms with Gasteiger partial charge in [-0.25, -0.2) is 8.78 Å². The van der Waals surface area contributed by atoms with E-state index in [1.54, 1.807) is 0 Å². The number of hydrogen-bond acceptors (Lipinski definition) is 4. The molecule has 0 saturated heterocycles.